The number of nitrogens with one attached hydrogen (secondary N) is 3. The summed E-state index contributed by atoms with van der Waals surface area (Å²) >= 11 is 0. The number of pyridine rings is 1. The molecule has 2 heterocycles. The quantitative estimate of drug-likeness (QED) is 0.498. The highest BCUT2D eigenvalue weighted by molar-refractivity contribution is 5.96. The average Bonchev–Trinajstić information content (AvgIpc) is 3.21. The second-order valence-corrected chi connectivity index (χ2v) is 5.47. The van der Waals surface area contributed by atoms with Gasteiger partial charge in [0, 0.05) is 23.5 Å². The van der Waals surface area contributed by atoms with Gasteiger partial charge in [0.1, 0.15) is 5.75 Å². The molecule has 3 N–H and O–H groups in total. The van der Waals surface area contributed by atoms with Crippen molar-refractivity contribution in [3.8, 4) is 17.1 Å². The number of rotatable bonds is 8. The summed E-state index contributed by atoms with van der Waals surface area (Å²) in [4.78, 5) is 31.9. The summed E-state index contributed by atoms with van der Waals surface area (Å²) in [5.74, 6) is 0.161. The fourth-order valence-electron chi connectivity index (χ4n) is 2.19. The van der Waals surface area contributed by atoms with Gasteiger partial charge in [-0.25, -0.2) is 5.43 Å². The molecule has 0 bridgehead atoms. The average molecular weight is 382 g/mol. The Morgan fingerprint density at radius 1 is 1.11 bits per heavy atom. The molecule has 10 heteroatoms. The maximum atomic E-state index is 12.1. The first-order chi connectivity index (χ1) is 13.7. The number of benzene rings is 1. The first kappa shape index (κ1) is 18.8. The highest BCUT2D eigenvalue weighted by Crippen LogP contribution is 2.15. The Morgan fingerprint density at radius 3 is 2.57 bits per heavy atom. The third-order valence-electron chi connectivity index (χ3n) is 3.51. The zero-order valence-corrected chi connectivity index (χ0v) is 15.0. The molecule has 28 heavy (non-hydrogen) atoms. The van der Waals surface area contributed by atoms with Crippen LogP contribution < -0.4 is 20.9 Å². The van der Waals surface area contributed by atoms with E-state index in [4.69, 9.17) is 9.26 Å². The molecule has 144 valence electrons. The summed E-state index contributed by atoms with van der Waals surface area (Å²) in [5, 5.41) is 6.30. The van der Waals surface area contributed by atoms with E-state index in [1.165, 1.54) is 0 Å². The first-order valence-corrected chi connectivity index (χ1v) is 8.45. The minimum atomic E-state index is -0.483. The van der Waals surface area contributed by atoms with E-state index in [0.29, 0.717) is 23.7 Å². The molecular weight excluding hydrogens is 364 g/mol. The number of hydrazine groups is 1. The van der Waals surface area contributed by atoms with Crippen molar-refractivity contribution in [1.29, 1.82) is 0 Å². The van der Waals surface area contributed by atoms with Gasteiger partial charge in [-0.15, -0.1) is 0 Å². The van der Waals surface area contributed by atoms with Crippen LogP contribution in [-0.4, -0.2) is 40.1 Å². The second kappa shape index (κ2) is 9.12. The van der Waals surface area contributed by atoms with E-state index in [2.05, 4.69) is 31.3 Å². The molecule has 0 aliphatic heterocycles. The zero-order chi connectivity index (χ0) is 19.8. The maximum Gasteiger partial charge on any atom is 0.340 e. The molecular formula is C18H18N6O4. The summed E-state index contributed by atoms with van der Waals surface area (Å²) in [6.07, 6.45) is 3.21. The zero-order valence-electron chi connectivity index (χ0n) is 15.0. The van der Waals surface area contributed by atoms with Crippen molar-refractivity contribution in [2.45, 2.75) is 6.92 Å². The lowest BCUT2D eigenvalue weighted by Crippen LogP contribution is -2.39. The highest BCUT2D eigenvalue weighted by atomic mass is 16.5. The van der Waals surface area contributed by atoms with Gasteiger partial charge >= 0.3 is 6.01 Å². The van der Waals surface area contributed by atoms with Crippen LogP contribution in [0.1, 0.15) is 17.3 Å². The van der Waals surface area contributed by atoms with Crippen molar-refractivity contribution in [2.24, 2.45) is 0 Å². The van der Waals surface area contributed by atoms with Gasteiger partial charge in [0.05, 0.1) is 13.2 Å². The molecule has 2 amide bonds. The van der Waals surface area contributed by atoms with E-state index >= 15 is 0 Å². The number of anilines is 1. The van der Waals surface area contributed by atoms with Crippen LogP contribution in [0.3, 0.4) is 0 Å². The smallest absolute Gasteiger partial charge is 0.340 e. The lowest BCUT2D eigenvalue weighted by atomic mass is 10.2. The Hall–Kier alpha value is -3.95. The topological polar surface area (TPSA) is 131 Å². The number of carbonyl (C=O) groups excluding carboxylic acids is 2. The fourth-order valence-corrected chi connectivity index (χ4v) is 2.19. The molecule has 0 saturated heterocycles. The molecule has 0 saturated carbocycles. The summed E-state index contributed by atoms with van der Waals surface area (Å²) in [5.41, 5.74) is 6.00. The van der Waals surface area contributed by atoms with Gasteiger partial charge in [0.2, 0.25) is 5.82 Å². The molecule has 0 aliphatic rings. The fraction of sp³-hybridized carbons (Fsp3) is 0.167. The van der Waals surface area contributed by atoms with E-state index < -0.39 is 5.91 Å². The summed E-state index contributed by atoms with van der Waals surface area (Å²) in [7, 11) is 0. The molecule has 0 fully saturated rings. The molecule has 0 radical (unpaired) electrons. The normalized spacial score (nSPS) is 10.2. The van der Waals surface area contributed by atoms with Gasteiger partial charge in [0.25, 0.3) is 11.8 Å². The summed E-state index contributed by atoms with van der Waals surface area (Å²) < 4.78 is 10.3. The Labute approximate surface area is 160 Å². The monoisotopic (exact) mass is 382 g/mol. The van der Waals surface area contributed by atoms with Crippen molar-refractivity contribution < 1.29 is 18.8 Å². The Bertz CT molecular complexity index is 927. The first-order valence-electron chi connectivity index (χ1n) is 8.45. The molecule has 0 spiro atoms. The molecule has 0 aliphatic carbocycles. The van der Waals surface area contributed by atoms with Crippen LogP contribution in [0, 0.1) is 0 Å². The largest absolute Gasteiger partial charge is 0.494 e. The molecule has 3 rings (SSSR count). The van der Waals surface area contributed by atoms with Gasteiger partial charge < -0.3 is 14.6 Å². The third kappa shape index (κ3) is 5.04. The van der Waals surface area contributed by atoms with Gasteiger partial charge in [0.15, 0.2) is 0 Å². The molecule has 3 aromatic rings. The van der Waals surface area contributed by atoms with E-state index in [1.807, 2.05) is 6.92 Å². The molecule has 10 nitrogen and oxygen atoms in total. The van der Waals surface area contributed by atoms with Crippen molar-refractivity contribution in [3.63, 3.8) is 0 Å². The predicted octanol–water partition coefficient (Wildman–Crippen LogP) is 1.40. The summed E-state index contributed by atoms with van der Waals surface area (Å²) in [6.45, 7) is 2.19. The van der Waals surface area contributed by atoms with Crippen LogP contribution in [0.25, 0.3) is 11.4 Å². The van der Waals surface area contributed by atoms with Crippen LogP contribution >= 0.6 is 0 Å². The Kier molecular flexibility index (Phi) is 6.13. The minimum Gasteiger partial charge on any atom is -0.494 e. The Morgan fingerprint density at radius 2 is 1.86 bits per heavy atom. The van der Waals surface area contributed by atoms with Crippen LogP contribution in [0.2, 0.25) is 0 Å². The number of amides is 2. The van der Waals surface area contributed by atoms with Gasteiger partial charge in [-0.2, -0.15) is 4.98 Å². The van der Waals surface area contributed by atoms with E-state index in [-0.39, 0.29) is 18.5 Å². The van der Waals surface area contributed by atoms with Gasteiger partial charge in [-0.3, -0.25) is 20.0 Å². The number of ether oxygens (including phenoxy) is 1. The van der Waals surface area contributed by atoms with Crippen LogP contribution in [0.4, 0.5) is 6.01 Å². The van der Waals surface area contributed by atoms with Crippen molar-refractivity contribution in [2.75, 3.05) is 18.6 Å². The van der Waals surface area contributed by atoms with Crippen LogP contribution in [0.15, 0.2) is 53.3 Å². The van der Waals surface area contributed by atoms with E-state index in [9.17, 15) is 9.59 Å². The van der Waals surface area contributed by atoms with Crippen LogP contribution in [-0.2, 0) is 4.79 Å². The second-order valence-electron chi connectivity index (χ2n) is 5.47. The number of aromatic nitrogens is 3. The molecule has 2 aromatic heterocycles. The van der Waals surface area contributed by atoms with Gasteiger partial charge in [-0.1, -0.05) is 5.16 Å². The van der Waals surface area contributed by atoms with Crippen molar-refractivity contribution in [3.05, 3.63) is 54.4 Å². The van der Waals surface area contributed by atoms with E-state index in [0.717, 1.165) is 5.56 Å². The minimum absolute atomic E-state index is 0.0120. The molecule has 1 aromatic carbocycles. The molecule has 0 atom stereocenters. The number of nitrogens with zero attached hydrogens (tertiary/aromatic N) is 3. The van der Waals surface area contributed by atoms with Crippen molar-refractivity contribution in [1.82, 2.24) is 25.9 Å². The standard InChI is InChI=1S/C18H18N6O4/c1-2-27-14-5-3-13(4-6-14)17(26)20-11-15(25)22-23-18-21-16(24-28-18)12-7-9-19-10-8-12/h3-10H,2,11H2,1H3,(H,20,26)(H,22,25)(H,21,23,24). The SMILES string of the molecule is CCOc1ccc(C(=O)NCC(=O)NNc2nc(-c3ccncc3)no2)cc1. The molecule has 0 unspecified atom stereocenters. The number of hydrogen-bond donors (Lipinski definition) is 3. The van der Waals surface area contributed by atoms with Gasteiger partial charge in [-0.05, 0) is 43.3 Å². The number of carbonyl (C=O) groups is 2. The van der Waals surface area contributed by atoms with E-state index in [1.54, 1.807) is 48.8 Å². The highest BCUT2D eigenvalue weighted by Gasteiger charge is 2.11. The lowest BCUT2D eigenvalue weighted by Gasteiger charge is -2.07. The maximum absolute atomic E-state index is 12.1. The van der Waals surface area contributed by atoms with Crippen LogP contribution in [0.5, 0.6) is 5.75 Å². The van der Waals surface area contributed by atoms with Crippen molar-refractivity contribution >= 4 is 17.8 Å². The summed E-state index contributed by atoms with van der Waals surface area (Å²) in [6, 6.07) is 10.1. The third-order valence-corrected chi connectivity index (χ3v) is 3.51. The Balaban J connectivity index is 1.44. The predicted molar refractivity (Wildman–Crippen MR) is 99.2 cm³/mol. The lowest BCUT2D eigenvalue weighted by molar-refractivity contribution is -0.119. The number of hydrogen-bond acceptors (Lipinski definition) is 8.